The second-order valence-corrected chi connectivity index (χ2v) is 4.72. The van der Waals surface area contributed by atoms with Crippen molar-refractivity contribution in [3.05, 3.63) is 22.9 Å². The number of aromatic nitrogens is 1. The Labute approximate surface area is 107 Å². The molecule has 1 aromatic heterocycles. The first-order valence-corrected chi connectivity index (χ1v) is 6.19. The van der Waals surface area contributed by atoms with Crippen molar-refractivity contribution in [3.63, 3.8) is 0 Å². The molecule has 0 aliphatic heterocycles. The highest BCUT2D eigenvalue weighted by Crippen LogP contribution is 2.33. The number of hydrogen-bond donors (Lipinski definition) is 0. The molecule has 92 valence electrons. The van der Waals surface area contributed by atoms with E-state index >= 15 is 0 Å². The lowest BCUT2D eigenvalue weighted by Crippen LogP contribution is -2.29. The summed E-state index contributed by atoms with van der Waals surface area (Å²) in [6.07, 6.45) is 2.73. The molecule has 1 fully saturated rings. The SMILES string of the molecule is Cc1cc(C)c(C#N)c(N(CCC#N)C2CC2)n1. The van der Waals surface area contributed by atoms with Gasteiger partial charge >= 0.3 is 0 Å². The zero-order chi connectivity index (χ0) is 13.1. The average molecular weight is 240 g/mol. The summed E-state index contributed by atoms with van der Waals surface area (Å²) >= 11 is 0. The molecule has 1 saturated carbocycles. The van der Waals surface area contributed by atoms with Crippen LogP contribution in [-0.2, 0) is 0 Å². The Hall–Kier alpha value is -2.07. The minimum Gasteiger partial charge on any atom is -0.351 e. The smallest absolute Gasteiger partial charge is 0.147 e. The van der Waals surface area contributed by atoms with Crippen LogP contribution in [0.1, 0.15) is 36.1 Å². The Morgan fingerprint density at radius 2 is 2.11 bits per heavy atom. The lowest BCUT2D eigenvalue weighted by atomic mass is 10.1. The molecule has 4 nitrogen and oxygen atoms in total. The average Bonchev–Trinajstić information content (AvgIpc) is 3.13. The van der Waals surface area contributed by atoms with Crippen LogP contribution in [0.5, 0.6) is 0 Å². The molecular weight excluding hydrogens is 224 g/mol. The third-order valence-electron chi connectivity index (χ3n) is 3.16. The fraction of sp³-hybridized carbons (Fsp3) is 0.500. The van der Waals surface area contributed by atoms with Crippen LogP contribution in [0, 0.1) is 36.5 Å². The van der Waals surface area contributed by atoms with Crippen molar-refractivity contribution in [3.8, 4) is 12.1 Å². The summed E-state index contributed by atoms with van der Waals surface area (Å²) in [5, 5.41) is 18.0. The third kappa shape index (κ3) is 2.43. The van der Waals surface area contributed by atoms with Gasteiger partial charge < -0.3 is 4.90 Å². The molecule has 0 radical (unpaired) electrons. The van der Waals surface area contributed by atoms with Crippen molar-refractivity contribution in [1.82, 2.24) is 4.98 Å². The number of pyridine rings is 1. The van der Waals surface area contributed by atoms with E-state index < -0.39 is 0 Å². The van der Waals surface area contributed by atoms with E-state index in [1.807, 2.05) is 19.9 Å². The van der Waals surface area contributed by atoms with Crippen LogP contribution >= 0.6 is 0 Å². The normalized spacial score (nSPS) is 13.8. The van der Waals surface area contributed by atoms with E-state index in [0.717, 1.165) is 29.9 Å². The molecule has 0 amide bonds. The molecule has 1 aliphatic carbocycles. The van der Waals surface area contributed by atoms with Gasteiger partial charge in [0.15, 0.2) is 0 Å². The van der Waals surface area contributed by atoms with E-state index in [0.29, 0.717) is 24.6 Å². The second kappa shape index (κ2) is 5.06. The fourth-order valence-electron chi connectivity index (χ4n) is 2.18. The molecule has 1 heterocycles. The highest BCUT2D eigenvalue weighted by molar-refractivity contribution is 5.59. The quantitative estimate of drug-likeness (QED) is 0.811. The minimum atomic E-state index is 0.458. The van der Waals surface area contributed by atoms with Crippen molar-refractivity contribution in [2.75, 3.05) is 11.4 Å². The van der Waals surface area contributed by atoms with Crippen LogP contribution in [-0.4, -0.2) is 17.6 Å². The first kappa shape index (κ1) is 12.4. The van der Waals surface area contributed by atoms with Crippen LogP contribution in [0.2, 0.25) is 0 Å². The molecule has 0 unspecified atom stereocenters. The predicted octanol–water partition coefficient (Wildman–Crippen LogP) is 2.45. The topological polar surface area (TPSA) is 63.7 Å². The molecule has 0 spiro atoms. The maximum absolute atomic E-state index is 9.28. The molecule has 1 aliphatic rings. The fourth-order valence-corrected chi connectivity index (χ4v) is 2.18. The molecule has 1 aromatic rings. The number of nitrogens with zero attached hydrogens (tertiary/aromatic N) is 4. The van der Waals surface area contributed by atoms with E-state index in [-0.39, 0.29) is 0 Å². The van der Waals surface area contributed by atoms with E-state index in [2.05, 4.69) is 22.0 Å². The van der Waals surface area contributed by atoms with Gasteiger partial charge in [-0.15, -0.1) is 0 Å². The molecule has 2 rings (SSSR count). The number of nitriles is 2. The summed E-state index contributed by atoms with van der Waals surface area (Å²) in [7, 11) is 0. The Morgan fingerprint density at radius 3 is 2.67 bits per heavy atom. The Bertz CT molecular complexity index is 532. The highest BCUT2D eigenvalue weighted by atomic mass is 15.2. The number of aryl methyl sites for hydroxylation is 2. The summed E-state index contributed by atoms with van der Waals surface area (Å²) in [5.74, 6) is 0.757. The molecule has 0 N–H and O–H groups in total. The Morgan fingerprint density at radius 1 is 1.39 bits per heavy atom. The van der Waals surface area contributed by atoms with Gasteiger partial charge in [0, 0.05) is 18.3 Å². The van der Waals surface area contributed by atoms with Crippen molar-refractivity contribution in [2.45, 2.75) is 39.2 Å². The summed E-state index contributed by atoms with van der Waals surface area (Å²) in [4.78, 5) is 6.64. The van der Waals surface area contributed by atoms with Crippen molar-refractivity contribution < 1.29 is 0 Å². The van der Waals surface area contributed by atoms with Gasteiger partial charge in [0.2, 0.25) is 0 Å². The zero-order valence-electron chi connectivity index (χ0n) is 10.8. The second-order valence-electron chi connectivity index (χ2n) is 4.72. The molecule has 0 atom stereocenters. The predicted molar refractivity (Wildman–Crippen MR) is 69.0 cm³/mol. The van der Waals surface area contributed by atoms with Crippen molar-refractivity contribution in [2.24, 2.45) is 0 Å². The van der Waals surface area contributed by atoms with Gasteiger partial charge in [-0.2, -0.15) is 10.5 Å². The number of hydrogen-bond acceptors (Lipinski definition) is 4. The summed E-state index contributed by atoms with van der Waals surface area (Å²) in [6.45, 7) is 4.53. The van der Waals surface area contributed by atoms with Crippen LogP contribution in [0.3, 0.4) is 0 Å². The third-order valence-corrected chi connectivity index (χ3v) is 3.16. The van der Waals surface area contributed by atoms with Gasteiger partial charge in [-0.05, 0) is 38.3 Å². The highest BCUT2D eigenvalue weighted by Gasteiger charge is 2.31. The molecular formula is C14H16N4. The maximum atomic E-state index is 9.28. The number of anilines is 1. The van der Waals surface area contributed by atoms with E-state index in [1.165, 1.54) is 0 Å². The van der Waals surface area contributed by atoms with Gasteiger partial charge in [0.1, 0.15) is 11.9 Å². The monoisotopic (exact) mass is 240 g/mol. The lowest BCUT2D eigenvalue weighted by Gasteiger charge is -2.24. The molecule has 0 aromatic carbocycles. The van der Waals surface area contributed by atoms with Crippen molar-refractivity contribution >= 4 is 5.82 Å². The number of rotatable bonds is 4. The van der Waals surface area contributed by atoms with Crippen molar-refractivity contribution in [1.29, 1.82) is 10.5 Å². The first-order valence-electron chi connectivity index (χ1n) is 6.19. The summed E-state index contributed by atoms with van der Waals surface area (Å²) in [5.41, 5.74) is 2.53. The Balaban J connectivity index is 2.40. The maximum Gasteiger partial charge on any atom is 0.147 e. The summed E-state index contributed by atoms with van der Waals surface area (Å²) < 4.78 is 0. The molecule has 0 saturated heterocycles. The largest absolute Gasteiger partial charge is 0.351 e. The van der Waals surface area contributed by atoms with E-state index in [4.69, 9.17) is 5.26 Å². The van der Waals surface area contributed by atoms with Crippen LogP contribution in [0.25, 0.3) is 0 Å². The van der Waals surface area contributed by atoms with Crippen LogP contribution in [0.4, 0.5) is 5.82 Å². The van der Waals surface area contributed by atoms with Gasteiger partial charge in [0.05, 0.1) is 18.1 Å². The molecule has 0 bridgehead atoms. The van der Waals surface area contributed by atoms with Crippen LogP contribution < -0.4 is 4.90 Å². The van der Waals surface area contributed by atoms with Crippen LogP contribution in [0.15, 0.2) is 6.07 Å². The van der Waals surface area contributed by atoms with Gasteiger partial charge in [0.25, 0.3) is 0 Å². The van der Waals surface area contributed by atoms with E-state index in [1.54, 1.807) is 0 Å². The Kier molecular flexibility index (Phi) is 3.48. The standard InChI is InChI=1S/C14H16N4/c1-10-8-11(2)17-14(13(10)9-16)18(7-3-6-15)12-4-5-12/h8,12H,3-5,7H2,1-2H3. The summed E-state index contributed by atoms with van der Waals surface area (Å²) in [6, 6.07) is 6.79. The van der Waals surface area contributed by atoms with Gasteiger partial charge in [-0.1, -0.05) is 0 Å². The zero-order valence-corrected chi connectivity index (χ0v) is 10.8. The lowest BCUT2D eigenvalue weighted by molar-refractivity contribution is 0.773. The first-order chi connectivity index (χ1) is 8.67. The van der Waals surface area contributed by atoms with Gasteiger partial charge in [-0.25, -0.2) is 4.98 Å². The minimum absolute atomic E-state index is 0.458. The van der Waals surface area contributed by atoms with E-state index in [9.17, 15) is 5.26 Å². The van der Waals surface area contributed by atoms with Gasteiger partial charge in [-0.3, -0.25) is 0 Å². The molecule has 18 heavy (non-hydrogen) atoms. The molecule has 4 heteroatoms.